The molecule has 0 saturated carbocycles. The number of carbonyl (C=O) groups is 1. The van der Waals surface area contributed by atoms with Gasteiger partial charge in [0, 0.05) is 0 Å². The molecule has 0 amide bonds. The minimum Gasteiger partial charge on any atom is -0.490 e. The van der Waals surface area contributed by atoms with Gasteiger partial charge in [0.2, 0.25) is 0 Å². The molecule has 3 aromatic carbocycles. The first kappa shape index (κ1) is 20.2. The molecule has 0 aliphatic heterocycles. The number of nitrogens with zero attached hydrogens (tertiary/aromatic N) is 1. The molecule has 0 spiro atoms. The summed E-state index contributed by atoms with van der Waals surface area (Å²) in [5.74, 6) is -0.629. The molecule has 29 heavy (non-hydrogen) atoms. The number of nitriles is 1. The maximum atomic E-state index is 10.8. The Morgan fingerprint density at radius 2 is 1.90 bits per heavy atom. The van der Waals surface area contributed by atoms with Crippen LogP contribution in [0, 0.1) is 11.3 Å². The Kier molecular flexibility index (Phi) is 6.38. The van der Waals surface area contributed by atoms with Crippen molar-refractivity contribution in [3.05, 3.63) is 70.7 Å². The van der Waals surface area contributed by atoms with Gasteiger partial charge in [-0.1, -0.05) is 48.0 Å². The molecule has 0 saturated heterocycles. The van der Waals surface area contributed by atoms with E-state index in [1.807, 2.05) is 42.5 Å². The Morgan fingerprint density at radius 3 is 2.59 bits per heavy atom. The Bertz CT molecular complexity index is 1130. The number of rotatable bonds is 7. The van der Waals surface area contributed by atoms with Crippen molar-refractivity contribution in [2.45, 2.75) is 6.92 Å². The second kappa shape index (κ2) is 9.13. The summed E-state index contributed by atoms with van der Waals surface area (Å²) in [6.07, 6.45) is 1.71. The van der Waals surface area contributed by atoms with Crippen LogP contribution in [0.15, 0.2) is 54.6 Å². The molecule has 0 bridgehead atoms. The summed E-state index contributed by atoms with van der Waals surface area (Å²) in [6.45, 7) is 1.62. The van der Waals surface area contributed by atoms with Gasteiger partial charge in [-0.15, -0.1) is 0 Å². The predicted molar refractivity (Wildman–Crippen MR) is 113 cm³/mol. The predicted octanol–water partition coefficient (Wildman–Crippen LogP) is 5.42. The summed E-state index contributed by atoms with van der Waals surface area (Å²) in [7, 11) is 0. The summed E-state index contributed by atoms with van der Waals surface area (Å²) >= 11 is 6.29. The summed E-state index contributed by atoms with van der Waals surface area (Å²) in [6, 6.07) is 19.3. The molecule has 1 N–H and O–H groups in total. The Morgan fingerprint density at radius 1 is 1.14 bits per heavy atom. The fraction of sp³-hybridized carbons (Fsp3) is 0.130. The van der Waals surface area contributed by atoms with Crippen LogP contribution in [-0.4, -0.2) is 24.3 Å². The smallest absolute Gasteiger partial charge is 0.341 e. The molecule has 3 aromatic rings. The third-order valence-corrected chi connectivity index (χ3v) is 4.44. The third kappa shape index (κ3) is 4.87. The van der Waals surface area contributed by atoms with E-state index in [9.17, 15) is 10.1 Å². The lowest BCUT2D eigenvalue weighted by Crippen LogP contribution is -2.10. The van der Waals surface area contributed by atoms with Crippen LogP contribution in [0.3, 0.4) is 0 Å². The maximum absolute atomic E-state index is 10.8. The first-order valence-corrected chi connectivity index (χ1v) is 9.31. The third-order valence-electron chi connectivity index (χ3n) is 4.16. The molecule has 3 rings (SSSR count). The number of hydrogen-bond acceptors (Lipinski definition) is 4. The number of aliphatic carboxylic acids is 1. The van der Waals surface area contributed by atoms with Gasteiger partial charge >= 0.3 is 5.97 Å². The van der Waals surface area contributed by atoms with Gasteiger partial charge in [0.15, 0.2) is 18.1 Å². The van der Waals surface area contributed by atoms with Gasteiger partial charge in [-0.3, -0.25) is 0 Å². The summed E-state index contributed by atoms with van der Waals surface area (Å²) in [4.78, 5) is 10.8. The normalized spacial score (nSPS) is 11.1. The number of carboxylic acid groups (broad SMARTS) is 1. The zero-order valence-electron chi connectivity index (χ0n) is 15.7. The fourth-order valence-corrected chi connectivity index (χ4v) is 3.19. The molecule has 0 aliphatic carbocycles. The molecule has 0 heterocycles. The van der Waals surface area contributed by atoms with Crippen LogP contribution in [0.4, 0.5) is 0 Å². The van der Waals surface area contributed by atoms with Crippen LogP contribution in [0.25, 0.3) is 22.4 Å². The summed E-state index contributed by atoms with van der Waals surface area (Å²) < 4.78 is 10.8. The van der Waals surface area contributed by atoms with Crippen LogP contribution in [0.5, 0.6) is 11.5 Å². The molecule has 0 unspecified atom stereocenters. The zero-order chi connectivity index (χ0) is 20.8. The number of halogens is 1. The van der Waals surface area contributed by atoms with E-state index in [1.54, 1.807) is 25.1 Å². The highest BCUT2D eigenvalue weighted by molar-refractivity contribution is 6.32. The van der Waals surface area contributed by atoms with Crippen LogP contribution in [0.2, 0.25) is 5.02 Å². The van der Waals surface area contributed by atoms with Gasteiger partial charge in [-0.05, 0) is 53.1 Å². The lowest BCUT2D eigenvalue weighted by atomic mass is 10.00. The number of ether oxygens (including phenoxy) is 2. The molecule has 5 nitrogen and oxygen atoms in total. The van der Waals surface area contributed by atoms with E-state index in [4.69, 9.17) is 26.2 Å². The van der Waals surface area contributed by atoms with E-state index < -0.39 is 12.6 Å². The van der Waals surface area contributed by atoms with Crippen molar-refractivity contribution in [2.24, 2.45) is 0 Å². The SMILES string of the molecule is CCOc1cc(/C=C(/C#N)c2ccc3ccccc3c2)cc(Cl)c1OCC(=O)O. The topological polar surface area (TPSA) is 79.5 Å². The van der Waals surface area contributed by atoms with Crippen molar-refractivity contribution in [3.63, 3.8) is 0 Å². The number of hydrogen-bond donors (Lipinski definition) is 1. The summed E-state index contributed by atoms with van der Waals surface area (Å²) in [5.41, 5.74) is 1.89. The van der Waals surface area contributed by atoms with Gasteiger partial charge in [-0.2, -0.15) is 5.26 Å². The minimum atomic E-state index is -1.12. The van der Waals surface area contributed by atoms with Crippen molar-refractivity contribution in [1.29, 1.82) is 5.26 Å². The van der Waals surface area contributed by atoms with Crippen LogP contribution < -0.4 is 9.47 Å². The van der Waals surface area contributed by atoms with Crippen LogP contribution in [-0.2, 0) is 4.79 Å². The van der Waals surface area contributed by atoms with E-state index >= 15 is 0 Å². The number of allylic oxidation sites excluding steroid dienone is 1. The first-order valence-electron chi connectivity index (χ1n) is 8.93. The van der Waals surface area contributed by atoms with Gasteiger partial charge < -0.3 is 14.6 Å². The molecule has 0 aromatic heterocycles. The zero-order valence-corrected chi connectivity index (χ0v) is 16.4. The Labute approximate surface area is 173 Å². The van der Waals surface area contributed by atoms with Gasteiger partial charge in [-0.25, -0.2) is 4.79 Å². The largest absolute Gasteiger partial charge is 0.490 e. The maximum Gasteiger partial charge on any atom is 0.341 e. The van der Waals surface area contributed by atoms with Gasteiger partial charge in [0.25, 0.3) is 0 Å². The van der Waals surface area contributed by atoms with E-state index in [0.717, 1.165) is 16.3 Å². The highest BCUT2D eigenvalue weighted by atomic mass is 35.5. The second-order valence-corrected chi connectivity index (χ2v) is 6.58. The van der Waals surface area contributed by atoms with Crippen molar-refractivity contribution in [3.8, 4) is 17.6 Å². The van der Waals surface area contributed by atoms with Crippen molar-refractivity contribution >= 4 is 40.0 Å². The van der Waals surface area contributed by atoms with Crippen LogP contribution >= 0.6 is 11.6 Å². The molecular weight excluding hydrogens is 390 g/mol. The number of fused-ring (bicyclic) bond motifs is 1. The van der Waals surface area contributed by atoms with E-state index in [-0.39, 0.29) is 10.8 Å². The van der Waals surface area contributed by atoms with Crippen molar-refractivity contribution < 1.29 is 19.4 Å². The Balaban J connectivity index is 2.01. The average molecular weight is 408 g/mol. The van der Waals surface area contributed by atoms with E-state index in [1.165, 1.54) is 0 Å². The lowest BCUT2D eigenvalue weighted by molar-refractivity contribution is -0.139. The molecule has 0 radical (unpaired) electrons. The van der Waals surface area contributed by atoms with Crippen molar-refractivity contribution in [1.82, 2.24) is 0 Å². The average Bonchev–Trinajstić information content (AvgIpc) is 2.71. The first-order chi connectivity index (χ1) is 14.0. The van der Waals surface area contributed by atoms with Crippen molar-refractivity contribution in [2.75, 3.05) is 13.2 Å². The van der Waals surface area contributed by atoms with Gasteiger partial charge in [0.05, 0.1) is 23.3 Å². The van der Waals surface area contributed by atoms with E-state index in [2.05, 4.69) is 6.07 Å². The standard InChI is InChI=1S/C23H18ClNO4/c1-2-28-21-11-15(10-20(24)23(21)29-14-22(26)27)9-19(13-25)18-8-7-16-5-3-4-6-17(16)12-18/h3-12H,2,14H2,1H3,(H,26,27)/b19-9-. The second-order valence-electron chi connectivity index (χ2n) is 6.18. The van der Waals surface area contributed by atoms with E-state index in [0.29, 0.717) is 23.5 Å². The quantitative estimate of drug-likeness (QED) is 0.418. The lowest BCUT2D eigenvalue weighted by Gasteiger charge is -2.13. The fourth-order valence-electron chi connectivity index (χ4n) is 2.91. The molecule has 0 aliphatic rings. The number of benzene rings is 3. The monoisotopic (exact) mass is 407 g/mol. The molecule has 0 fully saturated rings. The molecule has 0 atom stereocenters. The highest BCUT2D eigenvalue weighted by Crippen LogP contribution is 2.37. The highest BCUT2D eigenvalue weighted by Gasteiger charge is 2.14. The minimum absolute atomic E-state index is 0.164. The molecular formula is C23H18ClNO4. The molecule has 6 heteroatoms. The Hall–Kier alpha value is -3.49. The van der Waals surface area contributed by atoms with Crippen LogP contribution in [0.1, 0.15) is 18.1 Å². The summed E-state index contributed by atoms with van der Waals surface area (Å²) in [5, 5.41) is 20.9. The van der Waals surface area contributed by atoms with Gasteiger partial charge in [0.1, 0.15) is 0 Å². The number of carboxylic acids is 1. The molecule has 146 valence electrons.